The van der Waals surface area contributed by atoms with Crippen LogP contribution in [0.1, 0.15) is 0 Å². The van der Waals surface area contributed by atoms with Crippen LogP contribution in [-0.2, 0) is 9.63 Å². The van der Waals surface area contributed by atoms with E-state index < -0.39 is 0 Å². The van der Waals surface area contributed by atoms with Crippen LogP contribution in [-0.4, -0.2) is 6.41 Å². The zero-order chi connectivity index (χ0) is 4.83. The van der Waals surface area contributed by atoms with Gasteiger partial charge in [-0.1, -0.05) is 6.42 Å². The number of amides is 1. The van der Waals surface area contributed by atoms with Crippen LogP contribution < -0.4 is 5.48 Å². The van der Waals surface area contributed by atoms with E-state index in [0.29, 0.717) is 6.41 Å². The highest BCUT2D eigenvalue weighted by molar-refractivity contribution is 5.43. The Bertz CT molecular complexity index is 73.4. The maximum atomic E-state index is 9.23. The van der Waals surface area contributed by atoms with Crippen molar-refractivity contribution in [3.05, 3.63) is 0 Å². The third-order valence-electron chi connectivity index (χ3n) is 0.166. The molecule has 0 aromatic rings. The number of hydroxylamine groups is 1. The van der Waals surface area contributed by atoms with Gasteiger partial charge in [0.05, 0.1) is 0 Å². The van der Waals surface area contributed by atoms with Crippen molar-refractivity contribution in [3.63, 3.8) is 0 Å². The molecule has 0 aliphatic carbocycles. The van der Waals surface area contributed by atoms with Gasteiger partial charge in [0.15, 0.2) is 0 Å². The molecule has 3 nitrogen and oxygen atoms in total. The molecule has 0 heterocycles. The van der Waals surface area contributed by atoms with E-state index in [-0.39, 0.29) is 0 Å². The first-order chi connectivity index (χ1) is 2.91. The van der Waals surface area contributed by atoms with E-state index in [4.69, 9.17) is 0 Å². The normalized spacial score (nSPS) is 5.17. The molecule has 0 unspecified atom stereocenters. The summed E-state index contributed by atoms with van der Waals surface area (Å²) in [6.07, 6.45) is 6.59. The van der Waals surface area contributed by atoms with Crippen molar-refractivity contribution in [1.82, 2.24) is 5.48 Å². The standard InChI is InChI=1S/C3H3NO2/c1-2-6-4-3-5/h1,3H,(H,4,5). The van der Waals surface area contributed by atoms with Crippen LogP contribution >= 0.6 is 0 Å². The molecule has 0 radical (unpaired) electrons. The first-order valence-electron chi connectivity index (χ1n) is 1.22. The van der Waals surface area contributed by atoms with Gasteiger partial charge in [-0.15, -0.1) is 0 Å². The number of carbonyl (C=O) groups is 1. The number of nitrogens with one attached hydrogen (secondary N) is 1. The monoisotopic (exact) mass is 85.0 g/mol. The minimum atomic E-state index is 0.347. The molecule has 0 atom stereocenters. The molecular weight excluding hydrogens is 82.0 g/mol. The van der Waals surface area contributed by atoms with Crippen LogP contribution in [0.25, 0.3) is 0 Å². The summed E-state index contributed by atoms with van der Waals surface area (Å²) in [7, 11) is 0. The van der Waals surface area contributed by atoms with Crippen molar-refractivity contribution in [1.29, 1.82) is 0 Å². The van der Waals surface area contributed by atoms with E-state index >= 15 is 0 Å². The summed E-state index contributed by atoms with van der Waals surface area (Å²) in [5, 5.41) is 0. The fourth-order valence-electron chi connectivity index (χ4n) is 0.0581. The molecule has 3 heteroatoms. The highest BCUT2D eigenvalue weighted by Crippen LogP contribution is 1.45. The van der Waals surface area contributed by atoms with Crippen molar-refractivity contribution in [2.24, 2.45) is 0 Å². The van der Waals surface area contributed by atoms with Crippen LogP contribution in [0.4, 0.5) is 0 Å². The molecule has 0 saturated carbocycles. The largest absolute Gasteiger partial charge is 0.327 e. The van der Waals surface area contributed by atoms with Gasteiger partial charge in [0, 0.05) is 0 Å². The van der Waals surface area contributed by atoms with Gasteiger partial charge in [-0.2, -0.15) is 5.48 Å². The molecule has 1 N–H and O–H groups in total. The Labute approximate surface area is 35.2 Å². The fraction of sp³-hybridized carbons (Fsp3) is 0. The molecule has 0 rings (SSSR count). The summed E-state index contributed by atoms with van der Waals surface area (Å²) in [5.41, 5.74) is 1.78. The predicted molar refractivity (Wildman–Crippen MR) is 19.1 cm³/mol. The third-order valence-corrected chi connectivity index (χ3v) is 0.166. The Kier molecular flexibility index (Phi) is 3.08. The zero-order valence-electron chi connectivity index (χ0n) is 2.97. The molecule has 0 spiro atoms. The molecule has 0 aromatic carbocycles. The molecule has 0 fully saturated rings. The fourth-order valence-corrected chi connectivity index (χ4v) is 0.0581. The SMILES string of the molecule is C#CONC=O. The van der Waals surface area contributed by atoms with Gasteiger partial charge in [-0.25, -0.2) is 0 Å². The van der Waals surface area contributed by atoms with Gasteiger partial charge in [0.2, 0.25) is 6.41 Å². The topological polar surface area (TPSA) is 38.3 Å². The van der Waals surface area contributed by atoms with Crippen molar-refractivity contribution in [2.45, 2.75) is 0 Å². The second-order valence-electron chi connectivity index (χ2n) is 0.456. The summed E-state index contributed by atoms with van der Waals surface area (Å²) in [6.45, 7) is 0. The zero-order valence-corrected chi connectivity index (χ0v) is 2.97. The number of rotatable bonds is 2. The van der Waals surface area contributed by atoms with Crippen molar-refractivity contribution in [3.8, 4) is 12.5 Å². The molecule has 32 valence electrons. The smallest absolute Gasteiger partial charge is 0.240 e. The Morgan fingerprint density at radius 2 is 2.67 bits per heavy atom. The minimum Gasteiger partial charge on any atom is -0.327 e. The van der Waals surface area contributed by atoms with Crippen LogP contribution in [0.5, 0.6) is 0 Å². The third kappa shape index (κ3) is 2.83. The lowest BCUT2D eigenvalue weighted by Crippen LogP contribution is -2.05. The first kappa shape index (κ1) is 4.83. The van der Waals surface area contributed by atoms with E-state index in [9.17, 15) is 4.79 Å². The average molecular weight is 85.1 g/mol. The summed E-state index contributed by atoms with van der Waals surface area (Å²) < 4.78 is 0. The predicted octanol–water partition coefficient (Wildman–Crippen LogP) is -0.745. The summed E-state index contributed by atoms with van der Waals surface area (Å²) in [4.78, 5) is 13.1. The van der Waals surface area contributed by atoms with Gasteiger partial charge >= 0.3 is 0 Å². The second kappa shape index (κ2) is 3.83. The van der Waals surface area contributed by atoms with Crippen LogP contribution in [0.2, 0.25) is 0 Å². The maximum absolute atomic E-state index is 9.23. The summed E-state index contributed by atoms with van der Waals surface area (Å²) >= 11 is 0. The molecule has 0 aliphatic heterocycles. The Hall–Kier alpha value is -1.17. The summed E-state index contributed by atoms with van der Waals surface area (Å²) in [6, 6.07) is 0. The average Bonchev–Trinajstić information content (AvgIpc) is 1.61. The van der Waals surface area contributed by atoms with Crippen molar-refractivity contribution < 1.29 is 9.63 Å². The molecular formula is C3H3NO2. The number of carbonyl (C=O) groups excluding carboxylic acids is 1. The quantitative estimate of drug-likeness (QED) is 0.207. The molecule has 0 aromatic heterocycles. The number of terminal acetylenes is 1. The second-order valence-corrected chi connectivity index (χ2v) is 0.456. The Morgan fingerprint density at radius 3 is 2.83 bits per heavy atom. The van der Waals surface area contributed by atoms with Crippen LogP contribution in [0.15, 0.2) is 0 Å². The lowest BCUT2D eigenvalue weighted by atomic mass is 11.3. The first-order valence-corrected chi connectivity index (χ1v) is 1.22. The summed E-state index contributed by atoms with van der Waals surface area (Å²) in [5.74, 6) is 0. The van der Waals surface area contributed by atoms with Crippen molar-refractivity contribution in [2.75, 3.05) is 0 Å². The Balaban J connectivity index is 2.72. The Morgan fingerprint density at radius 1 is 2.00 bits per heavy atom. The molecule has 6 heavy (non-hydrogen) atoms. The molecule has 1 amide bonds. The van der Waals surface area contributed by atoms with Gasteiger partial charge < -0.3 is 4.84 Å². The van der Waals surface area contributed by atoms with E-state index in [2.05, 4.69) is 11.3 Å². The van der Waals surface area contributed by atoms with Gasteiger partial charge in [0.1, 0.15) is 6.11 Å². The van der Waals surface area contributed by atoms with E-state index in [1.165, 1.54) is 0 Å². The molecule has 0 bridgehead atoms. The highest BCUT2D eigenvalue weighted by atomic mass is 16.6. The molecule has 0 saturated heterocycles. The van der Waals surface area contributed by atoms with E-state index in [0.717, 1.165) is 0 Å². The lowest BCUT2D eigenvalue weighted by molar-refractivity contribution is -0.116. The minimum absolute atomic E-state index is 0.347. The van der Waals surface area contributed by atoms with E-state index in [1.807, 2.05) is 0 Å². The van der Waals surface area contributed by atoms with Gasteiger partial charge in [0.25, 0.3) is 0 Å². The lowest BCUT2D eigenvalue weighted by Gasteiger charge is -1.82. The number of hydrogen-bond donors (Lipinski definition) is 1. The van der Waals surface area contributed by atoms with Crippen LogP contribution in [0.3, 0.4) is 0 Å². The highest BCUT2D eigenvalue weighted by Gasteiger charge is 1.61. The number of hydrogen-bond acceptors (Lipinski definition) is 2. The maximum Gasteiger partial charge on any atom is 0.240 e. The molecule has 0 aliphatic rings. The van der Waals surface area contributed by atoms with Gasteiger partial charge in [-0.3, -0.25) is 4.79 Å². The van der Waals surface area contributed by atoms with Crippen molar-refractivity contribution >= 4 is 6.41 Å². The van der Waals surface area contributed by atoms with E-state index in [1.54, 1.807) is 11.6 Å². The van der Waals surface area contributed by atoms with Gasteiger partial charge in [-0.05, 0) is 0 Å². The van der Waals surface area contributed by atoms with Crippen LogP contribution in [0, 0.1) is 12.5 Å².